The third-order valence-electron chi connectivity index (χ3n) is 3.14. The molecule has 0 radical (unpaired) electrons. The van der Waals surface area contributed by atoms with Crippen molar-refractivity contribution in [2.24, 2.45) is 5.92 Å². The highest BCUT2D eigenvalue weighted by Crippen LogP contribution is 2.17. The second-order valence-corrected chi connectivity index (χ2v) is 4.87. The Morgan fingerprint density at radius 2 is 2.14 bits per heavy atom. The van der Waals surface area contributed by atoms with Crippen LogP contribution in [0.5, 0.6) is 0 Å². The Bertz CT molecular complexity index is 154. The first-order valence-electron chi connectivity index (χ1n) is 5.75. The standard InChI is InChI=1S/C11H23NOS/c1-10-5-7-12(9-11(10)13)6-3-2-4-8-14/h10-11,13-14H,2-9H2,1H3. The molecule has 0 amide bonds. The quantitative estimate of drug-likeness (QED) is 0.542. The lowest BCUT2D eigenvalue weighted by molar-refractivity contribution is 0.0287. The fourth-order valence-electron chi connectivity index (χ4n) is 1.94. The summed E-state index contributed by atoms with van der Waals surface area (Å²) in [5, 5.41) is 9.70. The zero-order chi connectivity index (χ0) is 10.4. The number of likely N-dealkylation sites (tertiary alicyclic amines) is 1. The van der Waals surface area contributed by atoms with Crippen molar-refractivity contribution in [1.29, 1.82) is 0 Å². The van der Waals surface area contributed by atoms with Gasteiger partial charge in [-0.25, -0.2) is 0 Å². The van der Waals surface area contributed by atoms with Crippen LogP contribution in [0.2, 0.25) is 0 Å². The maximum absolute atomic E-state index is 9.70. The number of aliphatic hydroxyl groups is 1. The fourth-order valence-corrected chi connectivity index (χ4v) is 2.17. The summed E-state index contributed by atoms with van der Waals surface area (Å²) in [7, 11) is 0. The Hall–Kier alpha value is 0.270. The van der Waals surface area contributed by atoms with Crippen LogP contribution in [0.3, 0.4) is 0 Å². The lowest BCUT2D eigenvalue weighted by atomic mass is 9.96. The van der Waals surface area contributed by atoms with Gasteiger partial charge in [0.2, 0.25) is 0 Å². The first kappa shape index (κ1) is 12.3. The molecule has 1 fully saturated rings. The van der Waals surface area contributed by atoms with E-state index in [4.69, 9.17) is 0 Å². The van der Waals surface area contributed by atoms with E-state index in [9.17, 15) is 5.11 Å². The number of nitrogens with zero attached hydrogens (tertiary/aromatic N) is 1. The summed E-state index contributed by atoms with van der Waals surface area (Å²) in [5.74, 6) is 1.49. The largest absolute Gasteiger partial charge is 0.392 e. The number of hydrogen-bond acceptors (Lipinski definition) is 3. The van der Waals surface area contributed by atoms with Crippen LogP contribution in [0, 0.1) is 5.92 Å². The SMILES string of the molecule is CC1CCN(CCCCCS)CC1O. The van der Waals surface area contributed by atoms with E-state index in [0.29, 0.717) is 5.92 Å². The fraction of sp³-hybridized carbons (Fsp3) is 1.00. The Kier molecular flexibility index (Phi) is 5.90. The molecule has 0 spiro atoms. The molecule has 2 unspecified atom stereocenters. The molecule has 0 saturated carbocycles. The van der Waals surface area contributed by atoms with E-state index >= 15 is 0 Å². The Balaban J connectivity index is 2.07. The smallest absolute Gasteiger partial charge is 0.0693 e. The summed E-state index contributed by atoms with van der Waals surface area (Å²) in [4.78, 5) is 2.39. The van der Waals surface area contributed by atoms with E-state index in [1.807, 2.05) is 0 Å². The molecular formula is C11H23NOS. The molecule has 0 aromatic carbocycles. The number of piperidine rings is 1. The number of β-amino-alcohol motifs (C(OH)–C–C–N with tert-alkyl or cyclic N) is 1. The van der Waals surface area contributed by atoms with Gasteiger partial charge in [0.1, 0.15) is 0 Å². The number of thiol groups is 1. The van der Waals surface area contributed by atoms with Gasteiger partial charge < -0.3 is 10.0 Å². The molecule has 0 bridgehead atoms. The molecule has 1 heterocycles. The van der Waals surface area contributed by atoms with Crippen molar-refractivity contribution in [1.82, 2.24) is 4.90 Å². The molecule has 1 N–H and O–H groups in total. The van der Waals surface area contributed by atoms with Crippen LogP contribution < -0.4 is 0 Å². The number of unbranched alkanes of at least 4 members (excludes halogenated alkanes) is 2. The molecule has 84 valence electrons. The predicted molar refractivity (Wildman–Crippen MR) is 63.9 cm³/mol. The van der Waals surface area contributed by atoms with Gasteiger partial charge in [-0.15, -0.1) is 0 Å². The summed E-state index contributed by atoms with van der Waals surface area (Å²) in [6.07, 6.45) is 4.78. The summed E-state index contributed by atoms with van der Waals surface area (Å²) in [5.41, 5.74) is 0. The summed E-state index contributed by atoms with van der Waals surface area (Å²) in [6.45, 7) is 5.33. The van der Waals surface area contributed by atoms with E-state index in [2.05, 4.69) is 24.5 Å². The zero-order valence-corrected chi connectivity index (χ0v) is 10.0. The molecule has 14 heavy (non-hydrogen) atoms. The third-order valence-corrected chi connectivity index (χ3v) is 3.45. The Morgan fingerprint density at radius 1 is 1.36 bits per heavy atom. The zero-order valence-electron chi connectivity index (χ0n) is 9.15. The lowest BCUT2D eigenvalue weighted by Gasteiger charge is -2.34. The minimum Gasteiger partial charge on any atom is -0.392 e. The molecule has 0 aromatic heterocycles. The summed E-state index contributed by atoms with van der Waals surface area (Å²) < 4.78 is 0. The van der Waals surface area contributed by atoms with Gasteiger partial charge in [0.05, 0.1) is 6.10 Å². The highest BCUT2D eigenvalue weighted by atomic mass is 32.1. The Morgan fingerprint density at radius 3 is 2.79 bits per heavy atom. The number of aliphatic hydroxyl groups excluding tert-OH is 1. The van der Waals surface area contributed by atoms with Crippen molar-refractivity contribution >= 4 is 12.6 Å². The summed E-state index contributed by atoms with van der Waals surface area (Å²) in [6, 6.07) is 0. The van der Waals surface area contributed by atoms with Gasteiger partial charge >= 0.3 is 0 Å². The summed E-state index contributed by atoms with van der Waals surface area (Å²) >= 11 is 4.19. The van der Waals surface area contributed by atoms with E-state index < -0.39 is 0 Å². The van der Waals surface area contributed by atoms with Crippen molar-refractivity contribution in [2.75, 3.05) is 25.4 Å². The van der Waals surface area contributed by atoms with E-state index in [0.717, 1.165) is 25.3 Å². The molecule has 1 aliphatic heterocycles. The van der Waals surface area contributed by atoms with E-state index in [1.54, 1.807) is 0 Å². The van der Waals surface area contributed by atoms with Gasteiger partial charge in [-0.1, -0.05) is 13.3 Å². The van der Waals surface area contributed by atoms with Crippen LogP contribution in [0.4, 0.5) is 0 Å². The average Bonchev–Trinajstić information content (AvgIpc) is 2.18. The van der Waals surface area contributed by atoms with Crippen LogP contribution in [-0.2, 0) is 0 Å². The van der Waals surface area contributed by atoms with Crippen LogP contribution in [0.15, 0.2) is 0 Å². The van der Waals surface area contributed by atoms with E-state index in [1.165, 1.54) is 25.8 Å². The lowest BCUT2D eigenvalue weighted by Crippen LogP contribution is -2.43. The second-order valence-electron chi connectivity index (χ2n) is 4.42. The monoisotopic (exact) mass is 217 g/mol. The molecule has 3 heteroatoms. The molecule has 0 aromatic rings. The highest BCUT2D eigenvalue weighted by molar-refractivity contribution is 7.80. The van der Waals surface area contributed by atoms with Crippen molar-refractivity contribution < 1.29 is 5.11 Å². The highest BCUT2D eigenvalue weighted by Gasteiger charge is 2.23. The normalized spacial score (nSPS) is 29.4. The first-order valence-corrected chi connectivity index (χ1v) is 6.38. The van der Waals surface area contributed by atoms with Gasteiger partial charge in [0.25, 0.3) is 0 Å². The maximum atomic E-state index is 9.70. The van der Waals surface area contributed by atoms with Gasteiger partial charge in [-0.05, 0) is 44.0 Å². The topological polar surface area (TPSA) is 23.5 Å². The van der Waals surface area contributed by atoms with Crippen LogP contribution in [0.25, 0.3) is 0 Å². The average molecular weight is 217 g/mol. The maximum Gasteiger partial charge on any atom is 0.0693 e. The molecule has 1 saturated heterocycles. The second kappa shape index (κ2) is 6.70. The minimum absolute atomic E-state index is 0.103. The molecule has 2 atom stereocenters. The number of hydrogen-bond donors (Lipinski definition) is 2. The van der Waals surface area contributed by atoms with Crippen LogP contribution in [0.1, 0.15) is 32.6 Å². The minimum atomic E-state index is -0.103. The molecular weight excluding hydrogens is 194 g/mol. The predicted octanol–water partition coefficient (Wildman–Crippen LogP) is 1.79. The number of rotatable bonds is 5. The first-order chi connectivity index (χ1) is 6.74. The van der Waals surface area contributed by atoms with Gasteiger partial charge in [-0.2, -0.15) is 12.6 Å². The molecule has 2 nitrogen and oxygen atoms in total. The van der Waals surface area contributed by atoms with Gasteiger partial charge in [-0.3, -0.25) is 0 Å². The molecule has 0 aliphatic carbocycles. The van der Waals surface area contributed by atoms with Crippen molar-refractivity contribution in [3.8, 4) is 0 Å². The molecule has 1 rings (SSSR count). The van der Waals surface area contributed by atoms with Crippen molar-refractivity contribution in [3.05, 3.63) is 0 Å². The van der Waals surface area contributed by atoms with Crippen LogP contribution in [-0.4, -0.2) is 41.5 Å². The van der Waals surface area contributed by atoms with Crippen molar-refractivity contribution in [2.45, 2.75) is 38.7 Å². The van der Waals surface area contributed by atoms with E-state index in [-0.39, 0.29) is 6.10 Å². The molecule has 1 aliphatic rings. The van der Waals surface area contributed by atoms with Crippen molar-refractivity contribution in [3.63, 3.8) is 0 Å². The Labute approximate surface area is 93.1 Å². The van der Waals surface area contributed by atoms with Gasteiger partial charge in [0.15, 0.2) is 0 Å². The third kappa shape index (κ3) is 4.20. The van der Waals surface area contributed by atoms with Gasteiger partial charge in [0, 0.05) is 6.54 Å². The van der Waals surface area contributed by atoms with Crippen LogP contribution >= 0.6 is 12.6 Å².